The lowest BCUT2D eigenvalue weighted by molar-refractivity contribution is 0.571. The molecule has 1 aromatic rings. The molecule has 0 radical (unpaired) electrons. The average Bonchev–Trinajstić information content (AvgIpc) is 2.07. The topological polar surface area (TPSA) is 12.0 Å². The van der Waals surface area contributed by atoms with E-state index in [1.54, 1.807) is 0 Å². The van der Waals surface area contributed by atoms with E-state index >= 15 is 0 Å². The summed E-state index contributed by atoms with van der Waals surface area (Å²) in [6.07, 6.45) is 0. The van der Waals surface area contributed by atoms with Crippen molar-refractivity contribution in [3.05, 3.63) is 34.3 Å². The number of benzene rings is 1. The van der Waals surface area contributed by atoms with Gasteiger partial charge < -0.3 is 5.32 Å². The van der Waals surface area contributed by atoms with Crippen LogP contribution in [0.3, 0.4) is 0 Å². The first kappa shape index (κ1) is 8.09. The lowest BCUT2D eigenvalue weighted by atomic mass is 9.92. The molecule has 0 spiro atoms. The van der Waals surface area contributed by atoms with Gasteiger partial charge in [0.1, 0.15) is 0 Å². The summed E-state index contributed by atoms with van der Waals surface area (Å²) < 4.78 is 0. The van der Waals surface area contributed by atoms with Crippen molar-refractivity contribution in [2.45, 2.75) is 19.4 Å². The normalized spacial score (nSPS) is 22.0. The van der Waals surface area contributed by atoms with Crippen LogP contribution in [0.4, 0.5) is 0 Å². The smallest absolute Gasteiger partial charge is 0.0409 e. The van der Waals surface area contributed by atoms with Gasteiger partial charge in [-0.25, -0.2) is 0 Å². The van der Waals surface area contributed by atoms with Crippen molar-refractivity contribution in [2.24, 2.45) is 0 Å². The van der Waals surface area contributed by atoms with Gasteiger partial charge in [0, 0.05) is 18.1 Å². The third-order valence-corrected chi connectivity index (χ3v) is 2.64. The van der Waals surface area contributed by atoms with Gasteiger partial charge in [0.15, 0.2) is 0 Å². The van der Waals surface area contributed by atoms with E-state index in [-0.39, 0.29) is 0 Å². The molecule has 64 valence electrons. The third-order valence-electron chi connectivity index (χ3n) is 2.40. The molecular weight excluding hydrogens is 170 g/mol. The van der Waals surface area contributed by atoms with Crippen LogP contribution in [0.5, 0.6) is 0 Å². The first-order chi connectivity index (χ1) is 5.77. The van der Waals surface area contributed by atoms with E-state index in [0.29, 0.717) is 5.92 Å². The average molecular weight is 182 g/mol. The number of rotatable bonds is 0. The molecule has 1 N–H and O–H groups in total. The first-order valence-corrected chi connectivity index (χ1v) is 4.64. The molecule has 1 aliphatic heterocycles. The molecule has 1 heterocycles. The van der Waals surface area contributed by atoms with Crippen molar-refractivity contribution < 1.29 is 0 Å². The molecule has 0 aromatic heterocycles. The molecular formula is C10H12ClN. The SMILES string of the molecule is CC1CNCc2ccc(Cl)cc21. The van der Waals surface area contributed by atoms with E-state index in [1.807, 2.05) is 6.07 Å². The lowest BCUT2D eigenvalue weighted by Gasteiger charge is -2.23. The molecule has 0 aliphatic carbocycles. The molecule has 1 nitrogen and oxygen atoms in total. The summed E-state index contributed by atoms with van der Waals surface area (Å²) in [6.45, 7) is 4.27. The molecule has 1 aromatic carbocycles. The van der Waals surface area contributed by atoms with Gasteiger partial charge in [-0.15, -0.1) is 0 Å². The highest BCUT2D eigenvalue weighted by Gasteiger charge is 2.15. The Morgan fingerprint density at radius 1 is 1.50 bits per heavy atom. The Kier molecular flexibility index (Phi) is 2.07. The Labute approximate surface area is 77.7 Å². The van der Waals surface area contributed by atoms with Crippen LogP contribution in [0.15, 0.2) is 18.2 Å². The Bertz CT molecular complexity index is 296. The second-order valence-corrected chi connectivity index (χ2v) is 3.81. The van der Waals surface area contributed by atoms with E-state index in [9.17, 15) is 0 Å². The van der Waals surface area contributed by atoms with Gasteiger partial charge in [-0.05, 0) is 29.2 Å². The van der Waals surface area contributed by atoms with Gasteiger partial charge in [0.05, 0.1) is 0 Å². The Balaban J connectivity index is 2.47. The number of halogens is 1. The van der Waals surface area contributed by atoms with Crippen molar-refractivity contribution >= 4 is 11.6 Å². The summed E-state index contributed by atoms with van der Waals surface area (Å²) in [7, 11) is 0. The van der Waals surface area contributed by atoms with Crippen molar-refractivity contribution in [2.75, 3.05) is 6.54 Å². The maximum absolute atomic E-state index is 5.92. The van der Waals surface area contributed by atoms with Crippen LogP contribution in [0.2, 0.25) is 5.02 Å². The minimum atomic E-state index is 0.590. The lowest BCUT2D eigenvalue weighted by Crippen LogP contribution is -2.26. The maximum Gasteiger partial charge on any atom is 0.0409 e. The predicted molar refractivity (Wildman–Crippen MR) is 51.6 cm³/mol. The predicted octanol–water partition coefficient (Wildman–Crippen LogP) is 2.55. The van der Waals surface area contributed by atoms with Gasteiger partial charge in [0.25, 0.3) is 0 Å². The quantitative estimate of drug-likeness (QED) is 0.649. The first-order valence-electron chi connectivity index (χ1n) is 4.26. The molecule has 1 unspecified atom stereocenters. The van der Waals surface area contributed by atoms with Gasteiger partial charge in [0.2, 0.25) is 0 Å². The van der Waals surface area contributed by atoms with Crippen LogP contribution in [0.25, 0.3) is 0 Å². The molecule has 0 saturated carbocycles. The summed E-state index contributed by atoms with van der Waals surface area (Å²) in [5.41, 5.74) is 2.79. The summed E-state index contributed by atoms with van der Waals surface area (Å²) in [6, 6.07) is 6.16. The molecule has 1 atom stereocenters. The van der Waals surface area contributed by atoms with E-state index in [4.69, 9.17) is 11.6 Å². The fourth-order valence-electron chi connectivity index (χ4n) is 1.72. The molecule has 0 saturated heterocycles. The Morgan fingerprint density at radius 3 is 3.17 bits per heavy atom. The zero-order valence-electron chi connectivity index (χ0n) is 7.10. The zero-order valence-corrected chi connectivity index (χ0v) is 7.86. The minimum absolute atomic E-state index is 0.590. The second-order valence-electron chi connectivity index (χ2n) is 3.38. The van der Waals surface area contributed by atoms with Crippen molar-refractivity contribution in [1.29, 1.82) is 0 Å². The standard InChI is InChI=1S/C10H12ClN/c1-7-5-12-6-8-2-3-9(11)4-10(7)8/h2-4,7,12H,5-6H2,1H3. The highest BCUT2D eigenvalue weighted by Crippen LogP contribution is 2.26. The van der Waals surface area contributed by atoms with Crippen LogP contribution in [0.1, 0.15) is 24.0 Å². The van der Waals surface area contributed by atoms with E-state index in [0.717, 1.165) is 18.1 Å². The second kappa shape index (κ2) is 3.08. The largest absolute Gasteiger partial charge is 0.312 e. The summed E-state index contributed by atoms with van der Waals surface area (Å²) in [5.74, 6) is 0.590. The summed E-state index contributed by atoms with van der Waals surface area (Å²) >= 11 is 5.92. The van der Waals surface area contributed by atoms with E-state index in [2.05, 4.69) is 24.4 Å². The van der Waals surface area contributed by atoms with Crippen LogP contribution in [0, 0.1) is 0 Å². The van der Waals surface area contributed by atoms with Crippen molar-refractivity contribution in [3.8, 4) is 0 Å². The van der Waals surface area contributed by atoms with Gasteiger partial charge in [-0.1, -0.05) is 24.6 Å². The molecule has 1 aliphatic rings. The maximum atomic E-state index is 5.92. The van der Waals surface area contributed by atoms with Crippen LogP contribution in [-0.4, -0.2) is 6.54 Å². The van der Waals surface area contributed by atoms with Gasteiger partial charge >= 0.3 is 0 Å². The fourth-order valence-corrected chi connectivity index (χ4v) is 1.90. The molecule has 2 rings (SSSR count). The van der Waals surface area contributed by atoms with Crippen LogP contribution >= 0.6 is 11.6 Å². The van der Waals surface area contributed by atoms with E-state index in [1.165, 1.54) is 11.1 Å². The van der Waals surface area contributed by atoms with E-state index < -0.39 is 0 Å². The fraction of sp³-hybridized carbons (Fsp3) is 0.400. The van der Waals surface area contributed by atoms with Crippen molar-refractivity contribution in [3.63, 3.8) is 0 Å². The number of nitrogens with one attached hydrogen (secondary N) is 1. The van der Waals surface area contributed by atoms with Gasteiger partial charge in [-0.2, -0.15) is 0 Å². The number of hydrogen-bond acceptors (Lipinski definition) is 1. The van der Waals surface area contributed by atoms with Crippen LogP contribution in [-0.2, 0) is 6.54 Å². The molecule has 12 heavy (non-hydrogen) atoms. The highest BCUT2D eigenvalue weighted by molar-refractivity contribution is 6.30. The van der Waals surface area contributed by atoms with Crippen LogP contribution < -0.4 is 5.32 Å². The zero-order chi connectivity index (χ0) is 8.55. The highest BCUT2D eigenvalue weighted by atomic mass is 35.5. The number of fused-ring (bicyclic) bond motifs is 1. The molecule has 0 bridgehead atoms. The monoisotopic (exact) mass is 181 g/mol. The Hall–Kier alpha value is -0.530. The Morgan fingerprint density at radius 2 is 2.33 bits per heavy atom. The summed E-state index contributed by atoms with van der Waals surface area (Å²) in [4.78, 5) is 0. The summed E-state index contributed by atoms with van der Waals surface area (Å²) in [5, 5.41) is 4.22. The number of hydrogen-bond donors (Lipinski definition) is 1. The molecule has 0 fully saturated rings. The molecule has 2 heteroatoms. The third kappa shape index (κ3) is 1.35. The molecule has 0 amide bonds. The minimum Gasteiger partial charge on any atom is -0.312 e. The van der Waals surface area contributed by atoms with Gasteiger partial charge in [-0.3, -0.25) is 0 Å². The van der Waals surface area contributed by atoms with Crippen molar-refractivity contribution in [1.82, 2.24) is 5.32 Å².